The Kier molecular flexibility index (Phi) is 3.07. The number of hydrogen-bond donors (Lipinski definition) is 0. The molecule has 1 aliphatic rings. The number of carbonyl (C=O) groups is 1. The number of hydrogen-bond acceptors (Lipinski definition) is 3. The Morgan fingerprint density at radius 1 is 1.67 bits per heavy atom. The molecule has 82 valence electrons. The van der Waals surface area contributed by atoms with Crippen LogP contribution in [0, 0.1) is 0 Å². The van der Waals surface area contributed by atoms with Gasteiger partial charge in [0.05, 0.1) is 13.0 Å². The molecule has 0 saturated carbocycles. The van der Waals surface area contributed by atoms with Crippen molar-refractivity contribution in [1.82, 2.24) is 5.06 Å². The number of likely N-dealkylation sites (N-methyl/N-ethyl adjacent to an activating group) is 1. The van der Waals surface area contributed by atoms with Crippen LogP contribution in [0.1, 0.15) is 29.2 Å². The third-order valence-corrected chi connectivity index (χ3v) is 3.93. The van der Waals surface area contributed by atoms with Crippen molar-refractivity contribution >= 4 is 17.2 Å². The van der Waals surface area contributed by atoms with Gasteiger partial charge in [0.1, 0.15) is 0 Å². The summed E-state index contributed by atoms with van der Waals surface area (Å²) < 4.78 is 0. The second-order valence-electron chi connectivity index (χ2n) is 3.76. The van der Waals surface area contributed by atoms with Crippen LogP contribution in [-0.2, 0) is 16.1 Å². The van der Waals surface area contributed by atoms with Crippen LogP contribution in [0.4, 0.5) is 0 Å². The van der Waals surface area contributed by atoms with Gasteiger partial charge >= 0.3 is 0 Å². The summed E-state index contributed by atoms with van der Waals surface area (Å²) in [6.45, 7) is 0. The Morgan fingerprint density at radius 2 is 2.47 bits per heavy atom. The Balaban J connectivity index is 2.22. The molecule has 1 unspecified atom stereocenters. The Morgan fingerprint density at radius 3 is 3.20 bits per heavy atom. The van der Waals surface area contributed by atoms with Crippen molar-refractivity contribution in [3.63, 3.8) is 0 Å². The molecule has 1 aliphatic carbocycles. The Labute approximate surface area is 93.6 Å². The monoisotopic (exact) mass is 225 g/mol. The molecule has 0 spiro atoms. The molecule has 0 aliphatic heterocycles. The van der Waals surface area contributed by atoms with E-state index < -0.39 is 0 Å². The standard InChI is InChI=1S/C11H15NO2S/c1-12(14-2)11(13)9-4-3-5-10-8(9)6-7-15-10/h6-7,9H,3-5H2,1-2H3. The van der Waals surface area contributed by atoms with Gasteiger partial charge in [0.15, 0.2) is 0 Å². The zero-order chi connectivity index (χ0) is 10.8. The molecule has 2 rings (SSSR count). The maximum absolute atomic E-state index is 12.0. The highest BCUT2D eigenvalue weighted by molar-refractivity contribution is 7.10. The fourth-order valence-corrected chi connectivity index (χ4v) is 3.04. The van der Waals surface area contributed by atoms with Crippen LogP contribution in [0.3, 0.4) is 0 Å². The van der Waals surface area contributed by atoms with Crippen LogP contribution < -0.4 is 0 Å². The van der Waals surface area contributed by atoms with Gasteiger partial charge in [-0.1, -0.05) is 0 Å². The van der Waals surface area contributed by atoms with Crippen molar-refractivity contribution in [3.8, 4) is 0 Å². The molecule has 0 fully saturated rings. The highest BCUT2D eigenvalue weighted by Gasteiger charge is 2.29. The average Bonchev–Trinajstić information content (AvgIpc) is 2.74. The third kappa shape index (κ3) is 1.92. The van der Waals surface area contributed by atoms with E-state index in [1.54, 1.807) is 18.4 Å². The van der Waals surface area contributed by atoms with Crippen LogP contribution >= 0.6 is 11.3 Å². The largest absolute Gasteiger partial charge is 0.275 e. The first-order valence-corrected chi connectivity index (χ1v) is 6.00. The summed E-state index contributed by atoms with van der Waals surface area (Å²) in [7, 11) is 3.19. The Bertz CT molecular complexity index is 361. The lowest BCUT2D eigenvalue weighted by Gasteiger charge is -2.25. The fourth-order valence-electron chi connectivity index (χ4n) is 2.05. The highest BCUT2D eigenvalue weighted by atomic mass is 32.1. The van der Waals surface area contributed by atoms with Crippen molar-refractivity contribution < 1.29 is 9.63 Å². The Hall–Kier alpha value is -0.870. The minimum Gasteiger partial charge on any atom is -0.275 e. The summed E-state index contributed by atoms with van der Waals surface area (Å²) in [5.41, 5.74) is 1.21. The van der Waals surface area contributed by atoms with E-state index in [-0.39, 0.29) is 11.8 Å². The third-order valence-electron chi connectivity index (χ3n) is 2.93. The summed E-state index contributed by atoms with van der Waals surface area (Å²) in [6, 6.07) is 2.07. The number of carbonyl (C=O) groups excluding carboxylic acids is 1. The molecule has 1 aromatic heterocycles. The van der Waals surface area contributed by atoms with E-state index in [4.69, 9.17) is 4.84 Å². The zero-order valence-electron chi connectivity index (χ0n) is 9.03. The molecular formula is C11H15NO2S. The first kappa shape index (κ1) is 10.6. The number of fused-ring (bicyclic) bond motifs is 1. The van der Waals surface area contributed by atoms with Gasteiger partial charge in [0, 0.05) is 11.9 Å². The molecule has 1 atom stereocenters. The number of thiophene rings is 1. The van der Waals surface area contributed by atoms with Gasteiger partial charge in [-0.25, -0.2) is 5.06 Å². The lowest BCUT2D eigenvalue weighted by atomic mass is 9.87. The van der Waals surface area contributed by atoms with E-state index in [0.29, 0.717) is 0 Å². The number of hydroxylamine groups is 2. The smallest absolute Gasteiger partial charge is 0.253 e. The van der Waals surface area contributed by atoms with Gasteiger partial charge in [-0.05, 0) is 36.3 Å². The maximum atomic E-state index is 12.0. The average molecular weight is 225 g/mol. The molecule has 0 saturated heterocycles. The summed E-state index contributed by atoms with van der Waals surface area (Å²) >= 11 is 1.75. The first-order valence-electron chi connectivity index (χ1n) is 5.12. The van der Waals surface area contributed by atoms with E-state index in [0.717, 1.165) is 19.3 Å². The predicted molar refractivity (Wildman–Crippen MR) is 59.8 cm³/mol. The molecule has 0 bridgehead atoms. The topological polar surface area (TPSA) is 29.5 Å². The molecule has 1 heterocycles. The van der Waals surface area contributed by atoms with Crippen molar-refractivity contribution in [3.05, 3.63) is 21.9 Å². The van der Waals surface area contributed by atoms with E-state index in [9.17, 15) is 4.79 Å². The molecule has 1 aromatic rings. The van der Waals surface area contributed by atoms with Crippen molar-refractivity contribution in [2.24, 2.45) is 0 Å². The van der Waals surface area contributed by atoms with E-state index in [1.807, 2.05) is 0 Å². The lowest BCUT2D eigenvalue weighted by molar-refractivity contribution is -0.170. The van der Waals surface area contributed by atoms with E-state index in [1.165, 1.54) is 22.6 Å². The van der Waals surface area contributed by atoms with Gasteiger partial charge in [-0.15, -0.1) is 11.3 Å². The van der Waals surface area contributed by atoms with Crippen LogP contribution in [0.25, 0.3) is 0 Å². The second-order valence-corrected chi connectivity index (χ2v) is 4.76. The molecule has 15 heavy (non-hydrogen) atoms. The highest BCUT2D eigenvalue weighted by Crippen LogP contribution is 2.35. The fraction of sp³-hybridized carbons (Fsp3) is 0.545. The van der Waals surface area contributed by atoms with Gasteiger partial charge in [-0.2, -0.15) is 0 Å². The van der Waals surface area contributed by atoms with Gasteiger partial charge in [0.25, 0.3) is 5.91 Å². The quantitative estimate of drug-likeness (QED) is 0.722. The minimum absolute atomic E-state index is 0.00458. The first-order chi connectivity index (χ1) is 7.24. The number of amides is 1. The van der Waals surface area contributed by atoms with E-state index >= 15 is 0 Å². The maximum Gasteiger partial charge on any atom is 0.253 e. The molecule has 0 N–H and O–H groups in total. The van der Waals surface area contributed by atoms with Crippen LogP contribution in [0.2, 0.25) is 0 Å². The predicted octanol–water partition coefficient (Wildman–Crippen LogP) is 2.19. The number of rotatable bonds is 2. The number of aryl methyl sites for hydroxylation is 1. The molecule has 3 nitrogen and oxygen atoms in total. The molecular weight excluding hydrogens is 210 g/mol. The molecule has 1 amide bonds. The van der Waals surface area contributed by atoms with Gasteiger partial charge < -0.3 is 0 Å². The molecule has 0 radical (unpaired) electrons. The molecule has 4 heteroatoms. The van der Waals surface area contributed by atoms with Gasteiger partial charge in [0.2, 0.25) is 0 Å². The SMILES string of the molecule is CON(C)C(=O)C1CCCc2sccc21. The summed E-state index contributed by atoms with van der Waals surface area (Å²) in [6.07, 6.45) is 3.16. The molecule has 0 aromatic carbocycles. The van der Waals surface area contributed by atoms with Crippen LogP contribution in [-0.4, -0.2) is 25.1 Å². The minimum atomic E-state index is 0.00458. The summed E-state index contributed by atoms with van der Waals surface area (Å²) in [5.74, 6) is 0.0711. The van der Waals surface area contributed by atoms with E-state index in [2.05, 4.69) is 11.4 Å². The normalized spacial score (nSPS) is 19.7. The number of nitrogens with zero attached hydrogens (tertiary/aromatic N) is 1. The summed E-state index contributed by atoms with van der Waals surface area (Å²) in [5, 5.41) is 3.40. The lowest BCUT2D eigenvalue weighted by Crippen LogP contribution is -2.32. The second kappa shape index (κ2) is 4.33. The van der Waals surface area contributed by atoms with Crippen LogP contribution in [0.5, 0.6) is 0 Å². The summed E-state index contributed by atoms with van der Waals surface area (Å²) in [4.78, 5) is 18.3. The van der Waals surface area contributed by atoms with Gasteiger partial charge in [-0.3, -0.25) is 9.63 Å². The van der Waals surface area contributed by atoms with Crippen molar-refractivity contribution in [1.29, 1.82) is 0 Å². The van der Waals surface area contributed by atoms with Crippen molar-refractivity contribution in [2.45, 2.75) is 25.2 Å². The zero-order valence-corrected chi connectivity index (χ0v) is 9.84. The van der Waals surface area contributed by atoms with Crippen LogP contribution in [0.15, 0.2) is 11.4 Å². The van der Waals surface area contributed by atoms with Crippen molar-refractivity contribution in [2.75, 3.05) is 14.2 Å².